The molecule has 2 aliphatic heterocycles. The van der Waals surface area contributed by atoms with Crippen LogP contribution in [0.1, 0.15) is 245 Å². The molecule has 0 aliphatic carbocycles. The van der Waals surface area contributed by atoms with E-state index in [-0.39, 0.29) is 18.9 Å². The molecule has 2 saturated heterocycles. The summed E-state index contributed by atoms with van der Waals surface area (Å²) >= 11 is 0. The topological polar surface area (TPSA) is 228 Å². The zero-order valence-electron chi connectivity index (χ0n) is 57.0. The van der Waals surface area contributed by atoms with Crippen molar-refractivity contribution >= 4 is 5.91 Å². The van der Waals surface area contributed by atoms with Gasteiger partial charge in [-0.25, -0.2) is 0 Å². The van der Waals surface area contributed by atoms with Crippen molar-refractivity contribution in [1.82, 2.24) is 5.32 Å². The van der Waals surface area contributed by atoms with Crippen LogP contribution in [0.3, 0.4) is 0 Å². The van der Waals surface area contributed by atoms with Crippen LogP contribution in [0.15, 0.2) is 146 Å². The highest BCUT2D eigenvalue weighted by molar-refractivity contribution is 5.76. The Morgan fingerprint density at radius 3 is 1.20 bits per heavy atom. The van der Waals surface area contributed by atoms with E-state index < -0.39 is 86.8 Å². The van der Waals surface area contributed by atoms with Crippen molar-refractivity contribution in [3.05, 3.63) is 146 Å². The summed E-state index contributed by atoms with van der Waals surface area (Å²) in [6, 6.07) is -0.952. The van der Waals surface area contributed by atoms with E-state index in [9.17, 15) is 45.6 Å². The fourth-order valence-electron chi connectivity index (χ4n) is 10.8. The Balaban J connectivity index is 1.69. The Morgan fingerprint density at radius 2 is 0.761 bits per heavy atom. The second-order valence-corrected chi connectivity index (χ2v) is 24.6. The normalized spacial score (nSPS) is 23.6. The number of allylic oxidation sites excluding steroid dienone is 23. The number of aliphatic hydroxyl groups is 8. The zero-order chi connectivity index (χ0) is 66.6. The van der Waals surface area contributed by atoms with E-state index in [2.05, 4.69) is 153 Å². The summed E-state index contributed by atoms with van der Waals surface area (Å²) in [6.45, 7) is 2.66. The molecule has 14 nitrogen and oxygen atoms in total. The molecular formula is C78H129NO13. The average Bonchev–Trinajstić information content (AvgIpc) is 0.915. The van der Waals surface area contributed by atoms with Crippen LogP contribution in [0.4, 0.5) is 0 Å². The average molecular weight is 1290 g/mol. The molecule has 9 N–H and O–H groups in total. The number of carbonyl (C=O) groups is 1. The third kappa shape index (κ3) is 43.8. The minimum absolute atomic E-state index is 0.247. The van der Waals surface area contributed by atoms with E-state index in [0.29, 0.717) is 12.8 Å². The highest BCUT2D eigenvalue weighted by Crippen LogP contribution is 2.30. The lowest BCUT2D eigenvalue weighted by molar-refractivity contribution is -0.359. The highest BCUT2D eigenvalue weighted by Gasteiger charge is 2.51. The maximum atomic E-state index is 13.3. The summed E-state index contributed by atoms with van der Waals surface area (Å²) in [7, 11) is 0. The standard InChI is InChI=1S/C78H129NO13/c1-3-5-7-9-11-13-15-17-19-21-23-25-26-27-28-29-30-31-32-33-34-35-36-37-38-39-40-42-44-46-48-50-52-54-56-58-60-62-70(83)79-66(67(82)61-59-57-55-53-51-49-47-45-43-41-24-22-20-18-16-14-12-10-8-6-4-2)65-89-77-75(88)73(86)76(69(64-81)91-77)92-78-74(87)72(85)71(84)68(63-80)90-78/h5,7,11,13,17,19,23,25,27-28,30-31,33-34,36-37,39-40,44,46,51,53,59,61,66-69,71-78,80-82,84-88H,3-4,6,8-10,12,14-16,18,20-22,24,26,29,32,35,38,41-43,45,47-50,52,54-58,60,62-65H2,1-2H3,(H,79,83)/b7-5-,13-11-,19-17-,25-23-,28-27-,31-30-,34-33-,37-36-,40-39-,46-44-,53-51+,61-59+. The van der Waals surface area contributed by atoms with Crippen LogP contribution in [-0.2, 0) is 23.7 Å². The van der Waals surface area contributed by atoms with Crippen molar-refractivity contribution in [2.75, 3.05) is 19.8 Å². The van der Waals surface area contributed by atoms with Gasteiger partial charge in [-0.3, -0.25) is 4.79 Å². The number of unbranched alkanes of at least 4 members (excludes halogenated alkanes) is 22. The number of nitrogens with one attached hydrogen (secondary N) is 1. The Kier molecular flexibility index (Phi) is 55.2. The van der Waals surface area contributed by atoms with Gasteiger partial charge >= 0.3 is 0 Å². The lowest BCUT2D eigenvalue weighted by atomic mass is 9.97. The van der Waals surface area contributed by atoms with Crippen LogP contribution < -0.4 is 5.32 Å². The summed E-state index contributed by atoms with van der Waals surface area (Å²) < 4.78 is 22.8. The molecular weight excluding hydrogens is 1160 g/mol. The third-order valence-corrected chi connectivity index (χ3v) is 16.5. The second kappa shape index (κ2) is 60.5. The zero-order valence-corrected chi connectivity index (χ0v) is 57.0. The van der Waals surface area contributed by atoms with Gasteiger partial charge in [0, 0.05) is 6.42 Å². The number of amides is 1. The van der Waals surface area contributed by atoms with Crippen LogP contribution in [0.5, 0.6) is 0 Å². The molecule has 14 heteroatoms. The van der Waals surface area contributed by atoms with Crippen LogP contribution in [0.25, 0.3) is 0 Å². The van der Waals surface area contributed by atoms with Crippen molar-refractivity contribution in [3.8, 4) is 0 Å². The number of hydrogen-bond acceptors (Lipinski definition) is 13. The predicted molar refractivity (Wildman–Crippen MR) is 378 cm³/mol. The first-order valence-corrected chi connectivity index (χ1v) is 36.1. The third-order valence-electron chi connectivity index (χ3n) is 16.5. The SMILES string of the molecule is CC/C=C\C/C=C\C/C=C\C/C=C\C/C=C\C/C=C\C/C=C\C/C=C\C/C=C\C/C=C\CCCCCCCCC(=O)NC(COC1OC(CO)C(OC2OC(CO)C(O)C(O)C2O)C(O)C1O)C(O)/C=C/CC/C=C/CCCCCCCCCCCCCCCCC. The van der Waals surface area contributed by atoms with Crippen molar-refractivity contribution in [1.29, 1.82) is 0 Å². The van der Waals surface area contributed by atoms with E-state index >= 15 is 0 Å². The molecule has 524 valence electrons. The van der Waals surface area contributed by atoms with E-state index in [1.165, 1.54) is 96.3 Å². The molecule has 0 aromatic heterocycles. The summed E-state index contributed by atoms with van der Waals surface area (Å²) in [6.07, 6.45) is 74.7. The van der Waals surface area contributed by atoms with Gasteiger partial charge in [0.2, 0.25) is 5.91 Å². The summed E-state index contributed by atoms with van der Waals surface area (Å²) in [5, 5.41) is 87.4. The first-order valence-electron chi connectivity index (χ1n) is 36.1. The minimum atomic E-state index is -1.80. The summed E-state index contributed by atoms with van der Waals surface area (Å²) in [5.41, 5.74) is 0. The van der Waals surface area contributed by atoms with E-state index in [1.54, 1.807) is 6.08 Å². The van der Waals surface area contributed by atoms with Crippen molar-refractivity contribution in [3.63, 3.8) is 0 Å². The van der Waals surface area contributed by atoms with Crippen molar-refractivity contribution in [2.24, 2.45) is 0 Å². The van der Waals surface area contributed by atoms with E-state index in [0.717, 1.165) is 116 Å². The fourth-order valence-corrected chi connectivity index (χ4v) is 10.8. The Bertz CT molecular complexity index is 2110. The lowest BCUT2D eigenvalue weighted by Crippen LogP contribution is -2.65. The van der Waals surface area contributed by atoms with Gasteiger partial charge in [0.15, 0.2) is 12.6 Å². The molecule has 92 heavy (non-hydrogen) atoms. The first-order chi connectivity index (χ1) is 45.1. The van der Waals surface area contributed by atoms with Gasteiger partial charge in [-0.1, -0.05) is 275 Å². The molecule has 12 unspecified atom stereocenters. The van der Waals surface area contributed by atoms with Crippen LogP contribution in [0.2, 0.25) is 0 Å². The maximum Gasteiger partial charge on any atom is 0.220 e. The van der Waals surface area contributed by atoms with Gasteiger partial charge in [-0.05, 0) is 109 Å². The van der Waals surface area contributed by atoms with Crippen LogP contribution >= 0.6 is 0 Å². The summed E-state index contributed by atoms with van der Waals surface area (Å²) in [5.74, 6) is -0.269. The van der Waals surface area contributed by atoms with Crippen LogP contribution in [0, 0.1) is 0 Å². The minimum Gasteiger partial charge on any atom is -0.394 e. The molecule has 0 aromatic carbocycles. The highest BCUT2D eigenvalue weighted by atomic mass is 16.7. The summed E-state index contributed by atoms with van der Waals surface area (Å²) in [4.78, 5) is 13.3. The van der Waals surface area contributed by atoms with Crippen molar-refractivity contribution in [2.45, 2.75) is 319 Å². The Hall–Kier alpha value is -4.13. The second-order valence-electron chi connectivity index (χ2n) is 24.6. The number of carbonyl (C=O) groups excluding carboxylic acids is 1. The largest absolute Gasteiger partial charge is 0.394 e. The molecule has 0 spiro atoms. The van der Waals surface area contributed by atoms with Crippen LogP contribution in [-0.4, -0.2) is 140 Å². The number of hydrogen-bond donors (Lipinski definition) is 9. The fraction of sp³-hybridized carbons (Fsp3) is 0.679. The number of ether oxygens (including phenoxy) is 4. The van der Waals surface area contributed by atoms with E-state index in [4.69, 9.17) is 18.9 Å². The molecule has 0 radical (unpaired) electrons. The number of rotatable bonds is 57. The van der Waals surface area contributed by atoms with E-state index in [1.807, 2.05) is 6.08 Å². The van der Waals surface area contributed by atoms with Gasteiger partial charge < -0.3 is 65.1 Å². The monoisotopic (exact) mass is 1290 g/mol. The predicted octanol–water partition coefficient (Wildman–Crippen LogP) is 15.2. The van der Waals surface area contributed by atoms with Gasteiger partial charge in [0.1, 0.15) is 48.8 Å². The molecule has 2 fully saturated rings. The molecule has 0 aromatic rings. The van der Waals surface area contributed by atoms with Gasteiger partial charge in [-0.15, -0.1) is 0 Å². The molecule has 2 heterocycles. The van der Waals surface area contributed by atoms with Gasteiger partial charge in [0.25, 0.3) is 0 Å². The molecule has 2 aliphatic rings. The maximum absolute atomic E-state index is 13.3. The Morgan fingerprint density at radius 1 is 0.402 bits per heavy atom. The van der Waals surface area contributed by atoms with Gasteiger partial charge in [-0.2, -0.15) is 0 Å². The molecule has 0 bridgehead atoms. The van der Waals surface area contributed by atoms with Gasteiger partial charge in [0.05, 0.1) is 32.0 Å². The Labute approximate surface area is 557 Å². The number of aliphatic hydroxyl groups excluding tert-OH is 8. The molecule has 0 saturated carbocycles. The van der Waals surface area contributed by atoms with Crippen molar-refractivity contribution < 1.29 is 64.6 Å². The molecule has 1 amide bonds. The first kappa shape index (κ1) is 84.0. The smallest absolute Gasteiger partial charge is 0.220 e. The quantitative estimate of drug-likeness (QED) is 0.0204. The molecule has 2 rings (SSSR count). The molecule has 12 atom stereocenters. The lowest BCUT2D eigenvalue weighted by Gasteiger charge is -2.46.